The number of nitrogens with zero attached hydrogens (tertiary/aromatic N) is 4. The third kappa shape index (κ3) is 2.21. The van der Waals surface area contributed by atoms with Crippen molar-refractivity contribution in [1.82, 2.24) is 19.5 Å². The van der Waals surface area contributed by atoms with Gasteiger partial charge in [-0.25, -0.2) is 9.97 Å². The number of methoxy groups -OCH3 is 1. The van der Waals surface area contributed by atoms with E-state index in [0.717, 1.165) is 0 Å². The molecule has 0 amide bonds. The van der Waals surface area contributed by atoms with Gasteiger partial charge in [-0.05, 0) is 0 Å². The molecule has 4 N–H and O–H groups in total. The number of hydrogen-bond donors (Lipinski definition) is 4. The van der Waals surface area contributed by atoms with Gasteiger partial charge in [0.1, 0.15) is 30.7 Å². The molecule has 0 aliphatic carbocycles. The molecule has 2 aromatic rings. The molecular formula is C12H16N4O6. The average molecular weight is 312 g/mol. The van der Waals surface area contributed by atoms with E-state index < -0.39 is 37.3 Å². The maximum Gasteiger partial charge on any atom is 0.245 e. The molecular weight excluding hydrogens is 296 g/mol. The summed E-state index contributed by atoms with van der Waals surface area (Å²) in [6.07, 6.45) is -3.77. The third-order valence-electron chi connectivity index (χ3n) is 3.66. The van der Waals surface area contributed by atoms with E-state index in [1.54, 1.807) is 0 Å². The van der Waals surface area contributed by atoms with Crippen molar-refractivity contribution in [3.05, 3.63) is 12.7 Å². The molecule has 1 fully saturated rings. The quantitative estimate of drug-likeness (QED) is 0.496. The Balaban J connectivity index is 2.03. The van der Waals surface area contributed by atoms with Gasteiger partial charge in [-0.15, -0.1) is 0 Å². The number of aromatic nitrogens is 4. The Morgan fingerprint density at radius 1 is 1.18 bits per heavy atom. The molecule has 5 atom stereocenters. The van der Waals surface area contributed by atoms with Crippen molar-refractivity contribution in [1.29, 1.82) is 0 Å². The Kier molecular flexibility index (Phi) is 3.93. The van der Waals surface area contributed by atoms with E-state index in [9.17, 15) is 20.4 Å². The minimum atomic E-state index is -1.47. The van der Waals surface area contributed by atoms with Crippen LogP contribution in [0.4, 0.5) is 0 Å². The van der Waals surface area contributed by atoms with Crippen LogP contribution in [0.1, 0.15) is 6.23 Å². The smallest absolute Gasteiger partial charge is 0.245 e. The van der Waals surface area contributed by atoms with Gasteiger partial charge >= 0.3 is 0 Å². The lowest BCUT2D eigenvalue weighted by molar-refractivity contribution is -0.250. The minimum Gasteiger partial charge on any atom is -0.479 e. The Morgan fingerprint density at radius 2 is 1.95 bits per heavy atom. The molecule has 0 aromatic carbocycles. The molecule has 1 aliphatic heterocycles. The highest BCUT2D eigenvalue weighted by Gasteiger charge is 2.44. The van der Waals surface area contributed by atoms with Gasteiger partial charge in [-0.1, -0.05) is 0 Å². The fraction of sp³-hybridized carbons (Fsp3) is 0.583. The summed E-state index contributed by atoms with van der Waals surface area (Å²) >= 11 is 0. The number of aliphatic hydroxyl groups is 4. The molecule has 2 aromatic heterocycles. The van der Waals surface area contributed by atoms with E-state index in [1.165, 1.54) is 24.3 Å². The van der Waals surface area contributed by atoms with Crippen molar-refractivity contribution < 1.29 is 29.9 Å². The SMILES string of the molecule is COc1ncnc2c1ncn2[C@H]1OC(CO)[C@@H](O)[C@@H](O)C1O. The number of ether oxygens (including phenoxy) is 2. The first-order chi connectivity index (χ1) is 10.6. The van der Waals surface area contributed by atoms with Crippen LogP contribution in [0, 0.1) is 0 Å². The predicted molar refractivity (Wildman–Crippen MR) is 70.9 cm³/mol. The lowest BCUT2D eigenvalue weighted by Gasteiger charge is -2.40. The summed E-state index contributed by atoms with van der Waals surface area (Å²) in [5, 5.41) is 39.0. The lowest BCUT2D eigenvalue weighted by atomic mass is 9.98. The van der Waals surface area contributed by atoms with Gasteiger partial charge in [-0.2, -0.15) is 4.98 Å². The van der Waals surface area contributed by atoms with Gasteiger partial charge in [0.15, 0.2) is 17.4 Å². The largest absolute Gasteiger partial charge is 0.479 e. The zero-order valence-corrected chi connectivity index (χ0v) is 11.6. The van der Waals surface area contributed by atoms with Gasteiger partial charge < -0.3 is 29.9 Å². The molecule has 3 rings (SSSR count). The number of fused-ring (bicyclic) bond motifs is 1. The first-order valence-corrected chi connectivity index (χ1v) is 6.60. The summed E-state index contributed by atoms with van der Waals surface area (Å²) in [6, 6.07) is 0. The van der Waals surface area contributed by atoms with E-state index in [2.05, 4.69) is 15.0 Å². The second kappa shape index (κ2) is 5.74. The molecule has 0 spiro atoms. The van der Waals surface area contributed by atoms with Crippen LogP contribution in [0.2, 0.25) is 0 Å². The molecule has 0 saturated carbocycles. The second-order valence-electron chi connectivity index (χ2n) is 4.93. The van der Waals surface area contributed by atoms with Gasteiger partial charge in [0.05, 0.1) is 20.0 Å². The zero-order valence-electron chi connectivity index (χ0n) is 11.6. The maximum atomic E-state index is 10.1. The van der Waals surface area contributed by atoms with Crippen molar-refractivity contribution in [3.63, 3.8) is 0 Å². The predicted octanol–water partition coefficient (Wildman–Crippen LogP) is -2.19. The topological polar surface area (TPSA) is 143 Å². The summed E-state index contributed by atoms with van der Waals surface area (Å²) in [5.74, 6) is 0.258. The van der Waals surface area contributed by atoms with E-state index in [-0.39, 0.29) is 5.88 Å². The number of aliphatic hydroxyl groups excluding tert-OH is 4. The normalized spacial score (nSPS) is 32.3. The minimum absolute atomic E-state index is 0.258. The Bertz CT molecular complexity index is 662. The van der Waals surface area contributed by atoms with Crippen molar-refractivity contribution in [2.45, 2.75) is 30.6 Å². The molecule has 3 heterocycles. The summed E-state index contributed by atoms with van der Waals surface area (Å²) in [7, 11) is 1.44. The van der Waals surface area contributed by atoms with Crippen LogP contribution in [0.15, 0.2) is 12.7 Å². The molecule has 2 unspecified atom stereocenters. The molecule has 120 valence electrons. The van der Waals surface area contributed by atoms with Crippen molar-refractivity contribution in [3.8, 4) is 5.88 Å². The first kappa shape index (κ1) is 15.1. The average Bonchev–Trinajstić information content (AvgIpc) is 2.97. The molecule has 10 nitrogen and oxygen atoms in total. The monoisotopic (exact) mass is 312 g/mol. The molecule has 1 aliphatic rings. The number of imidazole rings is 1. The number of rotatable bonds is 3. The third-order valence-corrected chi connectivity index (χ3v) is 3.66. The lowest BCUT2D eigenvalue weighted by Crippen LogP contribution is -2.56. The molecule has 1 saturated heterocycles. The second-order valence-corrected chi connectivity index (χ2v) is 4.93. The van der Waals surface area contributed by atoms with Crippen LogP contribution in [0.3, 0.4) is 0 Å². The van der Waals surface area contributed by atoms with E-state index in [1.807, 2.05) is 0 Å². The Labute approximate surface area is 124 Å². The summed E-state index contributed by atoms with van der Waals surface area (Å²) in [5.41, 5.74) is 0.693. The summed E-state index contributed by atoms with van der Waals surface area (Å²) in [4.78, 5) is 12.1. The van der Waals surface area contributed by atoms with Crippen molar-refractivity contribution >= 4 is 11.2 Å². The highest BCUT2D eigenvalue weighted by Crippen LogP contribution is 2.31. The Hall–Kier alpha value is -1.85. The Morgan fingerprint density at radius 3 is 2.64 bits per heavy atom. The summed E-state index contributed by atoms with van der Waals surface area (Å²) < 4.78 is 11.9. The standard InChI is InChI=1S/C12H16N4O6/c1-21-11-6-10(13-3-14-11)16(4-15-6)12-9(20)8(19)7(18)5(2-17)22-12/h3-5,7-9,12,17-20H,2H2,1H3/t5?,7-,8-,9?,12+/m1/s1. The van der Waals surface area contributed by atoms with Gasteiger partial charge in [0, 0.05) is 0 Å². The van der Waals surface area contributed by atoms with Crippen LogP contribution in [-0.4, -0.2) is 78.1 Å². The molecule has 10 heteroatoms. The highest BCUT2D eigenvalue weighted by molar-refractivity contribution is 5.75. The zero-order chi connectivity index (χ0) is 15.9. The fourth-order valence-electron chi connectivity index (χ4n) is 2.48. The molecule has 22 heavy (non-hydrogen) atoms. The molecule has 0 radical (unpaired) electrons. The number of hydrogen-bond acceptors (Lipinski definition) is 9. The van der Waals surface area contributed by atoms with Gasteiger partial charge in [-0.3, -0.25) is 4.57 Å². The first-order valence-electron chi connectivity index (χ1n) is 6.60. The van der Waals surface area contributed by atoms with Crippen LogP contribution in [0.25, 0.3) is 11.2 Å². The van der Waals surface area contributed by atoms with E-state index >= 15 is 0 Å². The van der Waals surface area contributed by atoms with Gasteiger partial charge in [0.25, 0.3) is 0 Å². The summed E-state index contributed by atoms with van der Waals surface area (Å²) in [6.45, 7) is -0.508. The van der Waals surface area contributed by atoms with Crippen molar-refractivity contribution in [2.75, 3.05) is 13.7 Å². The van der Waals surface area contributed by atoms with Crippen LogP contribution >= 0.6 is 0 Å². The van der Waals surface area contributed by atoms with E-state index in [0.29, 0.717) is 11.2 Å². The van der Waals surface area contributed by atoms with Gasteiger partial charge in [0.2, 0.25) is 5.88 Å². The van der Waals surface area contributed by atoms with Crippen LogP contribution in [0.5, 0.6) is 5.88 Å². The fourth-order valence-corrected chi connectivity index (χ4v) is 2.48. The highest BCUT2D eigenvalue weighted by atomic mass is 16.6. The molecule has 0 bridgehead atoms. The van der Waals surface area contributed by atoms with Crippen molar-refractivity contribution in [2.24, 2.45) is 0 Å². The van der Waals surface area contributed by atoms with Crippen LogP contribution < -0.4 is 4.74 Å². The van der Waals surface area contributed by atoms with E-state index in [4.69, 9.17) is 9.47 Å². The maximum absolute atomic E-state index is 10.1. The van der Waals surface area contributed by atoms with Crippen LogP contribution in [-0.2, 0) is 4.74 Å².